The van der Waals surface area contributed by atoms with Crippen LogP contribution in [0.5, 0.6) is 0 Å². The summed E-state index contributed by atoms with van der Waals surface area (Å²) in [5.74, 6) is 0.534. The van der Waals surface area contributed by atoms with Gasteiger partial charge in [-0.15, -0.1) is 10.2 Å². The largest absolute Gasteiger partial charge is 0.349 e. The summed E-state index contributed by atoms with van der Waals surface area (Å²) in [6.07, 6.45) is 0.818. The standard InChI is InChI=1S/C21H23FN4OS/c1-4-18(15-7-5-14(2)6-8-15)23-19(27)13-28-21-25-24-20(26(21)3)16-9-11-17(22)12-10-16/h5-12,18H,4,13H2,1-3H3,(H,23,27)/t18-/m1/s1. The maximum Gasteiger partial charge on any atom is 0.230 e. The lowest BCUT2D eigenvalue weighted by Gasteiger charge is -2.17. The zero-order chi connectivity index (χ0) is 20.1. The van der Waals surface area contributed by atoms with Crippen molar-refractivity contribution in [3.8, 4) is 11.4 Å². The van der Waals surface area contributed by atoms with Crippen LogP contribution in [0.1, 0.15) is 30.5 Å². The summed E-state index contributed by atoms with van der Waals surface area (Å²) in [5.41, 5.74) is 3.07. The van der Waals surface area contributed by atoms with Crippen molar-refractivity contribution in [1.82, 2.24) is 20.1 Å². The average Bonchev–Trinajstić information content (AvgIpc) is 3.06. The van der Waals surface area contributed by atoms with Crippen molar-refractivity contribution in [3.63, 3.8) is 0 Å². The highest BCUT2D eigenvalue weighted by molar-refractivity contribution is 7.99. The van der Waals surface area contributed by atoms with Gasteiger partial charge in [0.2, 0.25) is 5.91 Å². The van der Waals surface area contributed by atoms with E-state index in [4.69, 9.17) is 0 Å². The third-order valence-electron chi connectivity index (χ3n) is 4.49. The molecule has 146 valence electrons. The molecule has 1 aromatic heterocycles. The highest BCUT2D eigenvalue weighted by atomic mass is 32.2. The van der Waals surface area contributed by atoms with Crippen molar-refractivity contribution in [1.29, 1.82) is 0 Å². The summed E-state index contributed by atoms with van der Waals surface area (Å²) in [5, 5.41) is 12.0. The smallest absolute Gasteiger partial charge is 0.230 e. The van der Waals surface area contributed by atoms with Crippen molar-refractivity contribution < 1.29 is 9.18 Å². The number of carbonyl (C=O) groups is 1. The van der Waals surface area contributed by atoms with Crippen LogP contribution in [-0.2, 0) is 11.8 Å². The SMILES string of the molecule is CC[C@@H](NC(=O)CSc1nnc(-c2ccc(F)cc2)n1C)c1ccc(C)cc1. The molecule has 1 heterocycles. The van der Waals surface area contributed by atoms with Gasteiger partial charge in [-0.1, -0.05) is 48.5 Å². The summed E-state index contributed by atoms with van der Waals surface area (Å²) in [4.78, 5) is 12.4. The van der Waals surface area contributed by atoms with Crippen LogP contribution in [0.3, 0.4) is 0 Å². The van der Waals surface area contributed by atoms with Crippen molar-refractivity contribution in [2.45, 2.75) is 31.5 Å². The van der Waals surface area contributed by atoms with Gasteiger partial charge in [0.05, 0.1) is 11.8 Å². The fourth-order valence-corrected chi connectivity index (χ4v) is 3.60. The van der Waals surface area contributed by atoms with E-state index >= 15 is 0 Å². The zero-order valence-corrected chi connectivity index (χ0v) is 17.0. The van der Waals surface area contributed by atoms with Crippen LogP contribution in [0.4, 0.5) is 4.39 Å². The molecule has 3 aromatic rings. The third kappa shape index (κ3) is 4.78. The number of carbonyl (C=O) groups excluding carboxylic acids is 1. The van der Waals surface area contributed by atoms with E-state index in [1.54, 1.807) is 12.1 Å². The molecule has 0 aliphatic heterocycles. The minimum Gasteiger partial charge on any atom is -0.349 e. The fraction of sp³-hybridized carbons (Fsp3) is 0.286. The number of halogens is 1. The number of rotatable bonds is 7. The molecule has 2 aromatic carbocycles. The van der Waals surface area contributed by atoms with Crippen LogP contribution >= 0.6 is 11.8 Å². The summed E-state index contributed by atoms with van der Waals surface area (Å²) < 4.78 is 14.9. The lowest BCUT2D eigenvalue weighted by Crippen LogP contribution is -2.29. The Morgan fingerprint density at radius 1 is 1.14 bits per heavy atom. The molecule has 0 saturated heterocycles. The number of nitrogens with one attached hydrogen (secondary N) is 1. The molecule has 1 N–H and O–H groups in total. The van der Waals surface area contributed by atoms with Crippen molar-refractivity contribution in [3.05, 3.63) is 65.5 Å². The van der Waals surface area contributed by atoms with Crippen LogP contribution in [-0.4, -0.2) is 26.4 Å². The number of amides is 1. The topological polar surface area (TPSA) is 59.8 Å². The van der Waals surface area contributed by atoms with Gasteiger partial charge in [-0.05, 0) is 43.2 Å². The molecular formula is C21H23FN4OS. The average molecular weight is 399 g/mol. The van der Waals surface area contributed by atoms with Crippen molar-refractivity contribution in [2.75, 3.05) is 5.75 Å². The fourth-order valence-electron chi connectivity index (χ4n) is 2.88. The Balaban J connectivity index is 1.61. The Kier molecular flexibility index (Phi) is 6.46. The Bertz CT molecular complexity index is 938. The van der Waals surface area contributed by atoms with E-state index in [1.165, 1.54) is 29.5 Å². The molecule has 0 saturated carbocycles. The number of nitrogens with zero attached hydrogens (tertiary/aromatic N) is 3. The lowest BCUT2D eigenvalue weighted by molar-refractivity contribution is -0.119. The summed E-state index contributed by atoms with van der Waals surface area (Å²) in [6, 6.07) is 14.3. The van der Waals surface area contributed by atoms with E-state index in [9.17, 15) is 9.18 Å². The third-order valence-corrected chi connectivity index (χ3v) is 5.51. The molecule has 1 amide bonds. The minimum atomic E-state index is -0.295. The Morgan fingerprint density at radius 2 is 1.82 bits per heavy atom. The summed E-state index contributed by atoms with van der Waals surface area (Å²) in [7, 11) is 1.83. The highest BCUT2D eigenvalue weighted by Gasteiger charge is 2.16. The highest BCUT2D eigenvalue weighted by Crippen LogP contribution is 2.23. The Hall–Kier alpha value is -2.67. The lowest BCUT2D eigenvalue weighted by atomic mass is 10.0. The van der Waals surface area contributed by atoms with Gasteiger partial charge in [-0.3, -0.25) is 4.79 Å². The second-order valence-electron chi connectivity index (χ2n) is 6.60. The molecule has 0 unspecified atom stereocenters. The number of aromatic nitrogens is 3. The molecule has 0 aliphatic rings. The molecule has 0 aliphatic carbocycles. The van der Waals surface area contributed by atoms with E-state index < -0.39 is 0 Å². The predicted molar refractivity (Wildman–Crippen MR) is 109 cm³/mol. The van der Waals surface area contributed by atoms with Crippen LogP contribution < -0.4 is 5.32 Å². The molecule has 1 atom stereocenters. The van der Waals surface area contributed by atoms with Gasteiger partial charge in [-0.25, -0.2) is 4.39 Å². The van der Waals surface area contributed by atoms with Gasteiger partial charge < -0.3 is 9.88 Å². The van der Waals surface area contributed by atoms with Gasteiger partial charge in [0.25, 0.3) is 0 Å². The molecule has 0 radical (unpaired) electrons. The maximum absolute atomic E-state index is 13.1. The summed E-state index contributed by atoms with van der Waals surface area (Å²) >= 11 is 1.33. The van der Waals surface area contributed by atoms with Crippen LogP contribution in [0.15, 0.2) is 53.7 Å². The van der Waals surface area contributed by atoms with E-state index in [2.05, 4.69) is 46.7 Å². The van der Waals surface area contributed by atoms with E-state index in [0.717, 1.165) is 17.5 Å². The van der Waals surface area contributed by atoms with E-state index in [0.29, 0.717) is 11.0 Å². The zero-order valence-electron chi connectivity index (χ0n) is 16.1. The quantitative estimate of drug-likeness (QED) is 0.603. The van der Waals surface area contributed by atoms with Gasteiger partial charge in [0, 0.05) is 12.6 Å². The second kappa shape index (κ2) is 9.01. The molecule has 0 bridgehead atoms. The first-order valence-electron chi connectivity index (χ1n) is 9.12. The Labute approximate surface area is 168 Å². The van der Waals surface area contributed by atoms with E-state index in [-0.39, 0.29) is 23.5 Å². The number of benzene rings is 2. The van der Waals surface area contributed by atoms with E-state index in [1.807, 2.05) is 18.5 Å². The molecule has 5 nitrogen and oxygen atoms in total. The van der Waals surface area contributed by atoms with Gasteiger partial charge in [0.1, 0.15) is 5.82 Å². The van der Waals surface area contributed by atoms with Crippen LogP contribution in [0.2, 0.25) is 0 Å². The number of thioether (sulfide) groups is 1. The normalized spacial score (nSPS) is 12.0. The van der Waals surface area contributed by atoms with Gasteiger partial charge in [-0.2, -0.15) is 0 Å². The first-order valence-corrected chi connectivity index (χ1v) is 10.1. The first kappa shape index (κ1) is 20.1. The van der Waals surface area contributed by atoms with Crippen molar-refractivity contribution >= 4 is 17.7 Å². The van der Waals surface area contributed by atoms with Gasteiger partial charge >= 0.3 is 0 Å². The number of hydrogen-bond donors (Lipinski definition) is 1. The number of hydrogen-bond acceptors (Lipinski definition) is 4. The van der Waals surface area contributed by atoms with Crippen LogP contribution in [0.25, 0.3) is 11.4 Å². The first-order chi connectivity index (χ1) is 13.5. The maximum atomic E-state index is 13.1. The molecule has 3 rings (SSSR count). The van der Waals surface area contributed by atoms with Crippen molar-refractivity contribution in [2.24, 2.45) is 7.05 Å². The Morgan fingerprint density at radius 3 is 2.46 bits per heavy atom. The molecule has 28 heavy (non-hydrogen) atoms. The number of aryl methyl sites for hydroxylation is 1. The summed E-state index contributed by atoms with van der Waals surface area (Å²) in [6.45, 7) is 4.09. The van der Waals surface area contributed by atoms with Crippen LogP contribution in [0, 0.1) is 12.7 Å². The minimum absolute atomic E-state index is 0.0111. The molecular weight excluding hydrogens is 375 g/mol. The predicted octanol–water partition coefficient (Wildman–Crippen LogP) is 4.29. The second-order valence-corrected chi connectivity index (χ2v) is 7.54. The van der Waals surface area contributed by atoms with Gasteiger partial charge in [0.15, 0.2) is 11.0 Å². The molecule has 7 heteroatoms. The molecule has 0 spiro atoms. The molecule has 0 fully saturated rings. The monoisotopic (exact) mass is 398 g/mol.